The van der Waals surface area contributed by atoms with E-state index in [0.717, 1.165) is 17.0 Å². The third-order valence-electron chi connectivity index (χ3n) is 1.67. The van der Waals surface area contributed by atoms with E-state index >= 15 is 0 Å². The van der Waals surface area contributed by atoms with Crippen LogP contribution in [0, 0.1) is 13.8 Å². The van der Waals surface area contributed by atoms with Gasteiger partial charge in [-0.25, -0.2) is 9.50 Å². The molecule has 0 fully saturated rings. The quantitative estimate of drug-likeness (QED) is 0.563. The van der Waals surface area contributed by atoms with Gasteiger partial charge in [-0.15, -0.1) is 0 Å². The Bertz CT molecular complexity index is 389. The summed E-state index contributed by atoms with van der Waals surface area (Å²) in [6, 6.07) is 3.93. The molecule has 0 bridgehead atoms. The topological polar surface area (TPSA) is 30.2 Å². The molecule has 3 nitrogen and oxygen atoms in total. The maximum absolute atomic E-state index is 4.29. The Morgan fingerprint density at radius 1 is 1.27 bits per heavy atom. The molecule has 0 unspecified atom stereocenters. The van der Waals surface area contributed by atoms with Gasteiger partial charge >= 0.3 is 0 Å². The van der Waals surface area contributed by atoms with Gasteiger partial charge in [0.15, 0.2) is 5.65 Å². The summed E-state index contributed by atoms with van der Waals surface area (Å²) in [5, 5.41) is 4.29. The maximum Gasteiger partial charge on any atom is 0.153 e. The molecule has 0 radical (unpaired) electrons. The fraction of sp³-hybridized carbons (Fsp3) is 0.250. The first-order chi connectivity index (χ1) is 5.27. The van der Waals surface area contributed by atoms with Crippen molar-refractivity contribution in [2.45, 2.75) is 13.8 Å². The van der Waals surface area contributed by atoms with Crippen molar-refractivity contribution in [1.29, 1.82) is 0 Å². The van der Waals surface area contributed by atoms with Crippen molar-refractivity contribution in [3.8, 4) is 0 Å². The summed E-state index contributed by atoms with van der Waals surface area (Å²) >= 11 is 0. The fourth-order valence-electron chi connectivity index (χ4n) is 1.08. The molecular formula is C8H9N3. The van der Waals surface area contributed by atoms with Gasteiger partial charge in [0, 0.05) is 0 Å². The normalized spacial score (nSPS) is 10.7. The van der Waals surface area contributed by atoms with Crippen molar-refractivity contribution in [1.82, 2.24) is 14.6 Å². The Balaban J connectivity index is 2.87. The highest BCUT2D eigenvalue weighted by Gasteiger charge is 1.97. The molecule has 2 aromatic rings. The highest BCUT2D eigenvalue weighted by molar-refractivity contribution is 5.38. The molecule has 0 saturated heterocycles. The number of fused-ring (bicyclic) bond motifs is 1. The molecule has 0 atom stereocenters. The lowest BCUT2D eigenvalue weighted by atomic mass is 10.4. The smallest absolute Gasteiger partial charge is 0.153 e. The summed E-state index contributed by atoms with van der Waals surface area (Å²) in [5.74, 6) is 0. The second-order valence-corrected chi connectivity index (χ2v) is 2.64. The van der Waals surface area contributed by atoms with E-state index in [1.54, 1.807) is 0 Å². The molecule has 2 rings (SSSR count). The van der Waals surface area contributed by atoms with Crippen LogP contribution in [0.2, 0.25) is 0 Å². The van der Waals surface area contributed by atoms with Gasteiger partial charge in [0.05, 0.1) is 17.6 Å². The van der Waals surface area contributed by atoms with E-state index in [1.165, 1.54) is 0 Å². The van der Waals surface area contributed by atoms with Gasteiger partial charge in [-0.05, 0) is 26.0 Å². The minimum Gasteiger partial charge on any atom is -0.235 e. The standard InChI is InChI=1S/C8H9N3/c1-6-3-4-8-9-5-7(2)11(8)10-6/h3-5H,1-2H3. The minimum absolute atomic E-state index is 0.910. The highest BCUT2D eigenvalue weighted by Crippen LogP contribution is 2.03. The summed E-state index contributed by atoms with van der Waals surface area (Å²) in [6.45, 7) is 3.96. The van der Waals surface area contributed by atoms with Crippen molar-refractivity contribution in [3.63, 3.8) is 0 Å². The van der Waals surface area contributed by atoms with Gasteiger partial charge in [-0.3, -0.25) is 0 Å². The van der Waals surface area contributed by atoms with Crippen LogP contribution in [0.1, 0.15) is 11.4 Å². The largest absolute Gasteiger partial charge is 0.235 e. The Morgan fingerprint density at radius 3 is 2.91 bits per heavy atom. The van der Waals surface area contributed by atoms with Gasteiger partial charge in [-0.1, -0.05) is 0 Å². The average Bonchev–Trinajstić information content (AvgIpc) is 2.33. The molecule has 56 valence electrons. The van der Waals surface area contributed by atoms with Crippen LogP contribution in [0.3, 0.4) is 0 Å². The van der Waals surface area contributed by atoms with E-state index in [9.17, 15) is 0 Å². The van der Waals surface area contributed by atoms with E-state index in [4.69, 9.17) is 0 Å². The third-order valence-corrected chi connectivity index (χ3v) is 1.67. The van der Waals surface area contributed by atoms with Crippen molar-refractivity contribution in [2.75, 3.05) is 0 Å². The first-order valence-electron chi connectivity index (χ1n) is 3.55. The Morgan fingerprint density at radius 2 is 2.09 bits per heavy atom. The van der Waals surface area contributed by atoms with Gasteiger partial charge in [0.1, 0.15) is 0 Å². The van der Waals surface area contributed by atoms with E-state index < -0.39 is 0 Å². The molecular weight excluding hydrogens is 138 g/mol. The number of aryl methyl sites for hydroxylation is 2. The summed E-state index contributed by atoms with van der Waals surface area (Å²) in [6.07, 6.45) is 1.82. The van der Waals surface area contributed by atoms with Crippen LogP contribution in [-0.2, 0) is 0 Å². The van der Waals surface area contributed by atoms with Crippen molar-refractivity contribution in [2.24, 2.45) is 0 Å². The second kappa shape index (κ2) is 2.05. The molecule has 2 aromatic heterocycles. The number of hydrogen-bond donors (Lipinski definition) is 0. The molecule has 0 amide bonds. The molecule has 0 spiro atoms. The molecule has 0 aliphatic rings. The Labute approximate surface area is 64.7 Å². The molecule has 0 saturated carbocycles. The third kappa shape index (κ3) is 0.888. The van der Waals surface area contributed by atoms with Crippen LogP contribution in [0.4, 0.5) is 0 Å². The van der Waals surface area contributed by atoms with Crippen LogP contribution in [0.25, 0.3) is 5.65 Å². The average molecular weight is 147 g/mol. The molecule has 0 aliphatic heterocycles. The van der Waals surface area contributed by atoms with E-state index in [0.29, 0.717) is 0 Å². The fourth-order valence-corrected chi connectivity index (χ4v) is 1.08. The summed E-state index contributed by atoms with van der Waals surface area (Å²) in [4.78, 5) is 4.16. The zero-order valence-electron chi connectivity index (χ0n) is 6.57. The van der Waals surface area contributed by atoms with Gasteiger partial charge < -0.3 is 0 Å². The first-order valence-corrected chi connectivity index (χ1v) is 3.55. The zero-order valence-corrected chi connectivity index (χ0v) is 6.57. The van der Waals surface area contributed by atoms with Crippen LogP contribution >= 0.6 is 0 Å². The molecule has 11 heavy (non-hydrogen) atoms. The lowest BCUT2D eigenvalue weighted by Gasteiger charge is -1.95. The lowest BCUT2D eigenvalue weighted by Crippen LogP contribution is -1.94. The van der Waals surface area contributed by atoms with Crippen LogP contribution in [0.15, 0.2) is 18.3 Å². The zero-order chi connectivity index (χ0) is 7.84. The van der Waals surface area contributed by atoms with E-state index in [2.05, 4.69) is 10.1 Å². The van der Waals surface area contributed by atoms with E-state index in [1.807, 2.05) is 36.7 Å². The van der Waals surface area contributed by atoms with Crippen molar-refractivity contribution in [3.05, 3.63) is 29.7 Å². The minimum atomic E-state index is 0.910. The first kappa shape index (κ1) is 6.34. The summed E-state index contributed by atoms with van der Waals surface area (Å²) < 4.78 is 1.84. The molecule has 0 aliphatic carbocycles. The highest BCUT2D eigenvalue weighted by atomic mass is 15.3. The number of aromatic nitrogens is 3. The Kier molecular flexibility index (Phi) is 1.18. The van der Waals surface area contributed by atoms with Gasteiger partial charge in [-0.2, -0.15) is 5.10 Å². The predicted molar refractivity (Wildman–Crippen MR) is 42.5 cm³/mol. The van der Waals surface area contributed by atoms with Crippen molar-refractivity contribution < 1.29 is 0 Å². The number of hydrogen-bond acceptors (Lipinski definition) is 2. The molecule has 0 N–H and O–H groups in total. The van der Waals surface area contributed by atoms with Crippen LogP contribution in [0.5, 0.6) is 0 Å². The van der Waals surface area contributed by atoms with Gasteiger partial charge in [0.2, 0.25) is 0 Å². The second-order valence-electron chi connectivity index (χ2n) is 2.64. The predicted octanol–water partition coefficient (Wildman–Crippen LogP) is 1.35. The lowest BCUT2D eigenvalue weighted by molar-refractivity contribution is 0.870. The number of nitrogens with zero attached hydrogens (tertiary/aromatic N) is 3. The van der Waals surface area contributed by atoms with Crippen molar-refractivity contribution >= 4 is 5.65 Å². The number of rotatable bonds is 0. The van der Waals surface area contributed by atoms with Crippen LogP contribution in [-0.4, -0.2) is 14.6 Å². The molecule has 3 heteroatoms. The van der Waals surface area contributed by atoms with Gasteiger partial charge in [0.25, 0.3) is 0 Å². The molecule has 2 heterocycles. The summed E-state index contributed by atoms with van der Waals surface area (Å²) in [7, 11) is 0. The SMILES string of the molecule is Cc1ccc2ncc(C)n2n1. The summed E-state index contributed by atoms with van der Waals surface area (Å²) in [5.41, 5.74) is 3.00. The number of imidazole rings is 1. The van der Waals surface area contributed by atoms with E-state index in [-0.39, 0.29) is 0 Å². The maximum atomic E-state index is 4.29. The molecule has 0 aromatic carbocycles. The monoisotopic (exact) mass is 147 g/mol. The van der Waals surface area contributed by atoms with Crippen LogP contribution < -0.4 is 0 Å². The Hall–Kier alpha value is -1.38.